The molecule has 0 amide bonds. The lowest BCUT2D eigenvalue weighted by Crippen LogP contribution is -1.87. The third-order valence-electron chi connectivity index (χ3n) is 16.1. The molecule has 9 rings (SSSR count). The molecule has 0 aromatic carbocycles. The smallest absolute Gasteiger partial charge is 0.0788 e. The molecule has 0 atom stereocenters. The van der Waals surface area contributed by atoms with Crippen molar-refractivity contribution in [1.82, 2.24) is 0 Å². The molecule has 0 N–H and O–H groups in total. The van der Waals surface area contributed by atoms with Gasteiger partial charge in [0, 0.05) is 58.5 Å². The van der Waals surface area contributed by atoms with Gasteiger partial charge in [-0.1, -0.05) is 156 Å². The second-order valence-electron chi connectivity index (χ2n) is 23.0. The summed E-state index contributed by atoms with van der Waals surface area (Å²) in [4.78, 5) is 21.5. The number of unbranched alkanes of at least 4 members (excludes halogenated alkanes) is 20. The summed E-state index contributed by atoms with van der Waals surface area (Å²) < 4.78 is 0. The van der Waals surface area contributed by atoms with E-state index in [9.17, 15) is 0 Å². The van der Waals surface area contributed by atoms with Crippen LogP contribution in [0.1, 0.15) is 243 Å². The Kier molecular flexibility index (Phi) is 27.3. The van der Waals surface area contributed by atoms with Crippen LogP contribution in [0.2, 0.25) is 0 Å². The monoisotopic (exact) mass is 1260 g/mol. The predicted molar refractivity (Wildman–Crippen MR) is 381 cm³/mol. The van der Waals surface area contributed by atoms with Gasteiger partial charge in [-0.25, -0.2) is 0 Å². The summed E-state index contributed by atoms with van der Waals surface area (Å²) in [5, 5.41) is 0. The Morgan fingerprint density at radius 3 is 0.917 bits per heavy atom. The zero-order valence-corrected chi connectivity index (χ0v) is 57.4. The van der Waals surface area contributed by atoms with Crippen molar-refractivity contribution in [3.63, 3.8) is 0 Å². The molecule has 0 saturated heterocycles. The first-order valence-corrected chi connectivity index (χ1v) is 38.9. The summed E-state index contributed by atoms with van der Waals surface area (Å²) in [5.74, 6) is 27.2. The Bertz CT molecular complexity index is 3290. The van der Waals surface area contributed by atoms with E-state index in [1.165, 1.54) is 235 Å². The molecule has 0 fully saturated rings. The Labute approximate surface area is 539 Å². The van der Waals surface area contributed by atoms with E-state index < -0.39 is 0 Å². The van der Waals surface area contributed by atoms with Crippen LogP contribution >= 0.6 is 90.7 Å². The maximum atomic E-state index is 3.55. The third-order valence-corrected chi connectivity index (χ3v) is 25.7. The first-order chi connectivity index (χ1) is 41.5. The van der Waals surface area contributed by atoms with E-state index in [-0.39, 0.29) is 0 Å². The topological polar surface area (TPSA) is 0 Å². The Morgan fingerprint density at radius 2 is 0.548 bits per heavy atom. The number of hydrogen-bond acceptors (Lipinski definition) is 8. The van der Waals surface area contributed by atoms with E-state index in [4.69, 9.17) is 0 Å². The largest absolute Gasteiger partial charge is 0.139 e. The number of hydrogen-bond donors (Lipinski definition) is 0. The summed E-state index contributed by atoms with van der Waals surface area (Å²) in [5.41, 5.74) is 5.95. The van der Waals surface area contributed by atoms with Crippen LogP contribution in [-0.4, -0.2) is 0 Å². The molecule has 84 heavy (non-hydrogen) atoms. The summed E-state index contributed by atoms with van der Waals surface area (Å²) in [6, 6.07) is 28.5. The molecular formula is C76H88S8. The molecule has 1 aliphatic heterocycles. The summed E-state index contributed by atoms with van der Waals surface area (Å²) in [6.45, 7) is 9.23. The fraction of sp³-hybridized carbons (Fsp3) is 0.474. The normalized spacial score (nSPS) is 12.2. The fourth-order valence-electron chi connectivity index (χ4n) is 11.3. The Balaban J connectivity index is 1.02. The van der Waals surface area contributed by atoms with Gasteiger partial charge < -0.3 is 0 Å². The second-order valence-corrected chi connectivity index (χ2v) is 31.9. The van der Waals surface area contributed by atoms with Crippen molar-refractivity contribution >= 4 is 90.7 Å². The quantitative estimate of drug-likeness (QED) is 0.0339. The minimum atomic E-state index is 1.06. The van der Waals surface area contributed by atoms with Gasteiger partial charge in [0.05, 0.1) is 19.5 Å². The molecule has 0 aliphatic carbocycles. The highest BCUT2D eigenvalue weighted by molar-refractivity contribution is 7.24. The van der Waals surface area contributed by atoms with Crippen molar-refractivity contribution in [2.24, 2.45) is 0 Å². The minimum absolute atomic E-state index is 1.06. The molecule has 8 heteroatoms. The molecular weight excluding hydrogens is 1170 g/mol. The maximum absolute atomic E-state index is 3.55. The number of fused-ring (bicyclic) bond motifs is 20. The van der Waals surface area contributed by atoms with Gasteiger partial charge in [0.2, 0.25) is 0 Å². The van der Waals surface area contributed by atoms with Crippen LogP contribution in [0.25, 0.3) is 39.0 Å². The Morgan fingerprint density at radius 1 is 0.262 bits per heavy atom. The number of aryl methyl sites for hydroxylation is 8. The van der Waals surface area contributed by atoms with Gasteiger partial charge in [-0.15, -0.1) is 90.7 Å². The zero-order valence-electron chi connectivity index (χ0n) is 50.8. The van der Waals surface area contributed by atoms with E-state index >= 15 is 0 Å². The highest BCUT2D eigenvalue weighted by Crippen LogP contribution is 2.43. The van der Waals surface area contributed by atoms with Gasteiger partial charge in [0.15, 0.2) is 0 Å². The van der Waals surface area contributed by atoms with Crippen molar-refractivity contribution in [1.29, 1.82) is 0 Å². The van der Waals surface area contributed by atoms with Gasteiger partial charge in [-0.3, -0.25) is 0 Å². The van der Waals surface area contributed by atoms with Crippen LogP contribution in [-0.2, 0) is 51.4 Å². The molecule has 16 bridgehead atoms. The van der Waals surface area contributed by atoms with Gasteiger partial charge in [-0.2, -0.15) is 0 Å². The number of rotatable bonds is 28. The SMILES string of the molecule is CCCCCCCCc1cc2sc1-c1ccc(s1)CCc1cc(CCCCCCCC)c(s1)-c1ccc(s1)C#CC#Cc1ccc(s1)-c1sc(cc1CCCCCCCC)CCc1ccc(s1)-c1sc(cc1CCCCCCCC)C#CC#C2. The van der Waals surface area contributed by atoms with Crippen molar-refractivity contribution < 1.29 is 0 Å². The van der Waals surface area contributed by atoms with Crippen molar-refractivity contribution in [2.75, 3.05) is 0 Å². The molecule has 0 nitrogen and oxygen atoms in total. The molecule has 8 aromatic heterocycles. The maximum Gasteiger partial charge on any atom is 0.0788 e. The fourth-order valence-corrected chi connectivity index (χ4v) is 20.2. The summed E-state index contributed by atoms with van der Waals surface area (Å²) in [7, 11) is 0. The first-order valence-electron chi connectivity index (χ1n) is 32.4. The molecule has 8 aromatic rings. The molecule has 1 aliphatic rings. The van der Waals surface area contributed by atoms with Crippen LogP contribution in [0.3, 0.4) is 0 Å². The van der Waals surface area contributed by atoms with Crippen molar-refractivity contribution in [3.8, 4) is 86.4 Å². The van der Waals surface area contributed by atoms with Crippen LogP contribution in [0.15, 0.2) is 72.8 Å². The van der Waals surface area contributed by atoms with Gasteiger partial charge >= 0.3 is 0 Å². The lowest BCUT2D eigenvalue weighted by Gasteiger charge is -2.03. The van der Waals surface area contributed by atoms with Gasteiger partial charge in [0.25, 0.3) is 0 Å². The molecule has 0 spiro atoms. The third kappa shape index (κ3) is 19.9. The van der Waals surface area contributed by atoms with E-state index in [0.717, 1.165) is 70.9 Å². The van der Waals surface area contributed by atoms with Gasteiger partial charge in [0.1, 0.15) is 0 Å². The molecule has 9 heterocycles. The highest BCUT2D eigenvalue weighted by Gasteiger charge is 2.19. The van der Waals surface area contributed by atoms with Crippen molar-refractivity contribution in [2.45, 2.75) is 233 Å². The zero-order chi connectivity index (χ0) is 58.0. The van der Waals surface area contributed by atoms with Crippen LogP contribution < -0.4 is 0 Å². The summed E-state index contributed by atoms with van der Waals surface area (Å²) >= 11 is 15.4. The van der Waals surface area contributed by atoms with Gasteiger partial charge in [-0.05, 0) is 219 Å². The molecule has 0 unspecified atom stereocenters. The first kappa shape index (κ1) is 64.3. The van der Waals surface area contributed by atoms with Crippen LogP contribution in [0.5, 0.6) is 0 Å². The molecule has 0 saturated carbocycles. The second kappa shape index (κ2) is 35.6. The minimum Gasteiger partial charge on any atom is -0.139 e. The van der Waals surface area contributed by atoms with E-state index in [0.29, 0.717) is 0 Å². The summed E-state index contributed by atoms with van der Waals surface area (Å²) in [6.07, 6.45) is 40.1. The van der Waals surface area contributed by atoms with E-state index in [2.05, 4.69) is 148 Å². The standard InChI is InChI=1S/C76H88S8/c1-5-9-13-17-21-25-33-57-53-65-39-31-32-40-66-54-58(34-26-22-18-14-10-6-2)74(82-66)72-52-48-64(80-72)42-44-68-56-60(36-28-24-20-16-12-8-4)76(84-68)70-50-46-62(78-70)38-30-29-37-61-45-49-69(77-61)75-59(35-27-23-19-15-11-7-3)55-67(83-75)43-41-63-47-51-71(79-63)73(57)81-65/h45-56H,5-28,33-36,41-44H2,1-4H3. The average molecular weight is 1260 g/mol. The Hall–Kier alpha value is -4.16. The van der Waals surface area contributed by atoms with E-state index in [1.807, 2.05) is 90.7 Å². The molecule has 0 radical (unpaired) electrons. The van der Waals surface area contributed by atoms with Crippen LogP contribution in [0, 0.1) is 47.4 Å². The lowest BCUT2D eigenvalue weighted by molar-refractivity contribution is 0.608. The van der Waals surface area contributed by atoms with Crippen LogP contribution in [0.4, 0.5) is 0 Å². The van der Waals surface area contributed by atoms with E-state index in [1.54, 1.807) is 0 Å². The average Bonchev–Trinajstić information content (AvgIpc) is 4.57. The number of thiophene rings is 8. The highest BCUT2D eigenvalue weighted by atomic mass is 32.1. The molecule has 440 valence electrons. The predicted octanol–water partition coefficient (Wildman–Crippen LogP) is 25.1. The lowest BCUT2D eigenvalue weighted by atomic mass is 10.0. The van der Waals surface area contributed by atoms with Crippen molar-refractivity contribution in [3.05, 3.63) is 134 Å².